The molecular formula is C29H37NO4. The van der Waals surface area contributed by atoms with Gasteiger partial charge in [-0.25, -0.2) is 0 Å². The number of fused-ring (bicyclic) bond motifs is 1. The minimum atomic E-state index is -0.121. The maximum absolute atomic E-state index is 12.6. The van der Waals surface area contributed by atoms with Gasteiger partial charge in [-0.05, 0) is 77.7 Å². The van der Waals surface area contributed by atoms with Crippen molar-refractivity contribution in [1.29, 1.82) is 0 Å². The van der Waals surface area contributed by atoms with Crippen LogP contribution in [0.3, 0.4) is 0 Å². The summed E-state index contributed by atoms with van der Waals surface area (Å²) in [5, 5.41) is 3.97. The van der Waals surface area contributed by atoms with E-state index in [2.05, 4.69) is 43.4 Å². The predicted molar refractivity (Wildman–Crippen MR) is 139 cm³/mol. The topological polar surface area (TPSA) is 60.7 Å². The Balaban J connectivity index is 1.96. The van der Waals surface area contributed by atoms with Crippen molar-refractivity contribution < 1.29 is 18.7 Å². The molecule has 1 heterocycles. The number of carbonyl (C=O) groups excluding carboxylic acids is 1. The summed E-state index contributed by atoms with van der Waals surface area (Å²) in [5.74, 6) is 0.632. The molecule has 0 atom stereocenters. The average Bonchev–Trinajstić information content (AvgIpc) is 3.19. The zero-order valence-electron chi connectivity index (χ0n) is 21.5. The van der Waals surface area contributed by atoms with Gasteiger partial charge in [-0.15, -0.1) is 0 Å². The molecule has 0 saturated carbocycles. The molecule has 5 heteroatoms. The summed E-state index contributed by atoms with van der Waals surface area (Å²) in [6.07, 6.45) is 4.44. The van der Waals surface area contributed by atoms with Crippen molar-refractivity contribution >= 4 is 22.4 Å². The summed E-state index contributed by atoms with van der Waals surface area (Å²) in [6, 6.07) is 8.52. The Labute approximate surface area is 203 Å². The first-order valence-corrected chi connectivity index (χ1v) is 12.1. The van der Waals surface area contributed by atoms with Crippen molar-refractivity contribution in [2.75, 3.05) is 19.8 Å². The second-order valence-electron chi connectivity index (χ2n) is 9.05. The van der Waals surface area contributed by atoms with Gasteiger partial charge in [-0.3, -0.25) is 4.79 Å². The molecule has 0 aliphatic carbocycles. The van der Waals surface area contributed by atoms with Gasteiger partial charge in [0.25, 0.3) is 0 Å². The highest BCUT2D eigenvalue weighted by atomic mass is 16.5. The van der Waals surface area contributed by atoms with Crippen molar-refractivity contribution in [3.05, 3.63) is 58.9 Å². The number of ether oxygens (including phenoxy) is 2. The Morgan fingerprint density at radius 3 is 2.59 bits per heavy atom. The minimum absolute atomic E-state index is 0.121. The van der Waals surface area contributed by atoms with Crippen LogP contribution in [-0.4, -0.2) is 31.8 Å². The second-order valence-corrected chi connectivity index (χ2v) is 9.05. The highest BCUT2D eigenvalue weighted by molar-refractivity contribution is 6.02. The Morgan fingerprint density at radius 2 is 1.91 bits per heavy atom. The minimum Gasteiger partial charge on any atom is -0.493 e. The van der Waals surface area contributed by atoms with Gasteiger partial charge in [0.15, 0.2) is 0 Å². The molecule has 0 aliphatic heterocycles. The molecule has 0 fully saturated rings. The van der Waals surface area contributed by atoms with Crippen LogP contribution in [0.1, 0.15) is 56.4 Å². The quantitative estimate of drug-likeness (QED) is 0.267. The smallest absolute Gasteiger partial charge is 0.244 e. The predicted octanol–water partition coefficient (Wildman–Crippen LogP) is 6.76. The molecule has 0 radical (unpaired) electrons. The number of amides is 1. The second kappa shape index (κ2) is 11.4. The normalized spacial score (nSPS) is 11.9. The summed E-state index contributed by atoms with van der Waals surface area (Å²) >= 11 is 0. The molecule has 0 aliphatic rings. The van der Waals surface area contributed by atoms with Crippen molar-refractivity contribution in [3.63, 3.8) is 0 Å². The fourth-order valence-corrected chi connectivity index (χ4v) is 4.19. The summed E-state index contributed by atoms with van der Waals surface area (Å²) in [5.41, 5.74) is 8.10. The molecule has 182 valence electrons. The molecule has 3 aromatic rings. The fourth-order valence-electron chi connectivity index (χ4n) is 4.19. The molecular weight excluding hydrogens is 426 g/mol. The van der Waals surface area contributed by atoms with Gasteiger partial charge >= 0.3 is 0 Å². The highest BCUT2D eigenvalue weighted by Gasteiger charge is 2.20. The standard InChI is InChI=1S/C29H37NO4/c1-8-32-28-22(7)29-25(26(17-34-29)23-11-10-19(4)14-20(23)5)16-24(28)21(6)15-27(31)30-12-9-13-33-18(2)3/h10-11,14-18H,8-9,12-13H2,1-7H3,(H,30,31)/b21-15+. The number of allylic oxidation sites excluding steroid dienone is 1. The average molecular weight is 464 g/mol. The third-order valence-corrected chi connectivity index (χ3v) is 5.85. The van der Waals surface area contributed by atoms with E-state index < -0.39 is 0 Å². The van der Waals surface area contributed by atoms with E-state index in [-0.39, 0.29) is 12.0 Å². The number of carbonyl (C=O) groups is 1. The van der Waals surface area contributed by atoms with Crippen LogP contribution in [0.15, 0.2) is 41.0 Å². The van der Waals surface area contributed by atoms with Crippen LogP contribution in [0.25, 0.3) is 27.7 Å². The van der Waals surface area contributed by atoms with Crippen molar-refractivity contribution in [2.24, 2.45) is 0 Å². The van der Waals surface area contributed by atoms with Crippen LogP contribution >= 0.6 is 0 Å². The van der Waals surface area contributed by atoms with E-state index in [1.54, 1.807) is 6.08 Å². The molecule has 1 amide bonds. The zero-order chi connectivity index (χ0) is 24.8. The highest BCUT2D eigenvalue weighted by Crippen LogP contribution is 2.41. The number of furan rings is 1. The number of hydrogen-bond acceptors (Lipinski definition) is 4. The summed E-state index contributed by atoms with van der Waals surface area (Å²) in [4.78, 5) is 12.6. The van der Waals surface area contributed by atoms with Gasteiger partial charge in [0.2, 0.25) is 5.91 Å². The number of benzene rings is 2. The van der Waals surface area contributed by atoms with Crippen molar-refractivity contribution in [2.45, 2.75) is 61.0 Å². The lowest BCUT2D eigenvalue weighted by molar-refractivity contribution is -0.116. The molecule has 1 aromatic heterocycles. The first-order chi connectivity index (χ1) is 16.2. The first-order valence-electron chi connectivity index (χ1n) is 12.1. The van der Waals surface area contributed by atoms with Crippen LogP contribution in [0.5, 0.6) is 5.75 Å². The lowest BCUT2D eigenvalue weighted by atomic mass is 9.94. The van der Waals surface area contributed by atoms with E-state index in [1.807, 2.05) is 40.9 Å². The number of rotatable bonds is 10. The SMILES string of the molecule is CCOc1c(/C(C)=C/C(=O)NCCCOC(C)C)cc2c(-c3ccc(C)cc3C)coc2c1C. The van der Waals surface area contributed by atoms with Crippen LogP contribution in [0.2, 0.25) is 0 Å². The molecule has 0 bridgehead atoms. The molecule has 3 rings (SSSR count). The number of hydrogen-bond donors (Lipinski definition) is 1. The Morgan fingerprint density at radius 1 is 1.15 bits per heavy atom. The van der Waals surface area contributed by atoms with Gasteiger partial charge in [0.05, 0.1) is 19.0 Å². The van der Waals surface area contributed by atoms with E-state index in [1.165, 1.54) is 11.1 Å². The summed E-state index contributed by atoms with van der Waals surface area (Å²) < 4.78 is 17.6. The van der Waals surface area contributed by atoms with Crippen molar-refractivity contribution in [1.82, 2.24) is 5.32 Å². The fraction of sp³-hybridized carbons (Fsp3) is 0.414. The van der Waals surface area contributed by atoms with Gasteiger partial charge < -0.3 is 19.2 Å². The number of aryl methyl sites for hydroxylation is 3. The third-order valence-electron chi connectivity index (χ3n) is 5.85. The monoisotopic (exact) mass is 463 g/mol. The van der Waals surface area contributed by atoms with E-state index >= 15 is 0 Å². The molecule has 1 N–H and O–H groups in total. The maximum Gasteiger partial charge on any atom is 0.244 e. The zero-order valence-corrected chi connectivity index (χ0v) is 21.5. The Bertz CT molecular complexity index is 1190. The van der Waals surface area contributed by atoms with Crippen LogP contribution < -0.4 is 10.1 Å². The summed E-state index contributed by atoms with van der Waals surface area (Å²) in [7, 11) is 0. The third kappa shape index (κ3) is 5.89. The first kappa shape index (κ1) is 25.6. The van der Waals surface area contributed by atoms with Crippen LogP contribution in [-0.2, 0) is 9.53 Å². The largest absolute Gasteiger partial charge is 0.493 e. The Kier molecular flexibility index (Phi) is 8.56. The lowest BCUT2D eigenvalue weighted by Gasteiger charge is -2.15. The Hall–Kier alpha value is -3.05. The van der Waals surface area contributed by atoms with Crippen LogP contribution in [0.4, 0.5) is 0 Å². The van der Waals surface area contributed by atoms with Gasteiger partial charge in [-0.2, -0.15) is 0 Å². The van der Waals surface area contributed by atoms with E-state index in [0.29, 0.717) is 19.8 Å². The lowest BCUT2D eigenvalue weighted by Crippen LogP contribution is -2.23. The molecule has 2 aromatic carbocycles. The molecule has 0 saturated heterocycles. The van der Waals surface area contributed by atoms with Gasteiger partial charge in [0.1, 0.15) is 11.3 Å². The number of nitrogens with one attached hydrogen (secondary N) is 1. The van der Waals surface area contributed by atoms with Crippen molar-refractivity contribution in [3.8, 4) is 16.9 Å². The molecule has 34 heavy (non-hydrogen) atoms. The van der Waals surface area contributed by atoms with E-state index in [4.69, 9.17) is 13.9 Å². The summed E-state index contributed by atoms with van der Waals surface area (Å²) in [6.45, 7) is 15.9. The van der Waals surface area contributed by atoms with Gasteiger partial charge in [0, 0.05) is 41.3 Å². The molecule has 0 spiro atoms. The maximum atomic E-state index is 12.6. The van der Waals surface area contributed by atoms with Crippen LogP contribution in [0, 0.1) is 20.8 Å². The molecule has 0 unspecified atom stereocenters. The van der Waals surface area contributed by atoms with Gasteiger partial charge in [-0.1, -0.05) is 23.8 Å². The van der Waals surface area contributed by atoms with E-state index in [9.17, 15) is 4.79 Å². The molecule has 5 nitrogen and oxygen atoms in total. The van der Waals surface area contributed by atoms with E-state index in [0.717, 1.165) is 51.0 Å².